The van der Waals surface area contributed by atoms with Crippen LogP contribution in [0.1, 0.15) is 37.0 Å². The molecule has 0 bridgehead atoms. The summed E-state index contributed by atoms with van der Waals surface area (Å²) in [6, 6.07) is 10.3. The number of nitrogens with one attached hydrogen (secondary N) is 1. The summed E-state index contributed by atoms with van der Waals surface area (Å²) < 4.78 is 21.2. The molecule has 0 aliphatic carbocycles. The average Bonchev–Trinajstić information content (AvgIpc) is 2.70. The highest BCUT2D eigenvalue weighted by Gasteiger charge is 2.17. The molecule has 9 heteroatoms. The van der Waals surface area contributed by atoms with Gasteiger partial charge in [-0.25, -0.2) is 14.6 Å². The molecular weight excluding hydrogens is 456 g/mol. The molecule has 2 rings (SSSR count). The molecular formula is C21H25BrN2O6. The molecule has 8 nitrogen and oxygen atoms in total. The number of pyridine rings is 1. The van der Waals surface area contributed by atoms with Crippen LogP contribution < -0.4 is 14.8 Å². The normalized spacial score (nSPS) is 10.8. The van der Waals surface area contributed by atoms with E-state index >= 15 is 0 Å². The minimum atomic E-state index is -0.568. The van der Waals surface area contributed by atoms with Crippen LogP contribution in [-0.4, -0.2) is 43.0 Å². The summed E-state index contributed by atoms with van der Waals surface area (Å²) in [5, 5.41) is 3.16. The van der Waals surface area contributed by atoms with Gasteiger partial charge in [-0.05, 0) is 57.2 Å². The maximum Gasteiger partial charge on any atom is 0.412 e. The van der Waals surface area contributed by atoms with E-state index in [0.29, 0.717) is 28.2 Å². The van der Waals surface area contributed by atoms with Crippen LogP contribution in [0.25, 0.3) is 0 Å². The Morgan fingerprint density at radius 2 is 1.70 bits per heavy atom. The van der Waals surface area contributed by atoms with Gasteiger partial charge in [0.15, 0.2) is 11.4 Å². The molecule has 162 valence electrons. The number of carbonyl (C=O) groups is 2. The van der Waals surface area contributed by atoms with Crippen LogP contribution in [0.3, 0.4) is 0 Å². The lowest BCUT2D eigenvalue weighted by molar-refractivity contribution is 0.0585. The fourth-order valence-electron chi connectivity index (χ4n) is 2.29. The predicted octanol–water partition coefficient (Wildman–Crippen LogP) is 4.57. The summed E-state index contributed by atoms with van der Waals surface area (Å²) in [6.45, 7) is 5.85. The fraction of sp³-hybridized carbons (Fsp3) is 0.381. The lowest BCUT2D eigenvalue weighted by Gasteiger charge is -2.19. The van der Waals surface area contributed by atoms with Gasteiger partial charge in [-0.1, -0.05) is 15.9 Å². The van der Waals surface area contributed by atoms with Crippen molar-refractivity contribution in [3.8, 4) is 11.5 Å². The van der Waals surface area contributed by atoms with E-state index in [9.17, 15) is 9.59 Å². The van der Waals surface area contributed by atoms with Crippen LogP contribution in [0.2, 0.25) is 0 Å². The number of nitrogens with zero attached hydrogens (tertiary/aromatic N) is 1. The van der Waals surface area contributed by atoms with E-state index in [4.69, 9.17) is 18.9 Å². The number of halogens is 1. The molecule has 0 fully saturated rings. The minimum Gasteiger partial charge on any atom is -0.490 e. The quantitative estimate of drug-likeness (QED) is 0.335. The van der Waals surface area contributed by atoms with Crippen molar-refractivity contribution < 1.29 is 28.5 Å². The molecule has 0 radical (unpaired) electrons. The van der Waals surface area contributed by atoms with Crippen LogP contribution in [0.4, 0.5) is 10.5 Å². The Morgan fingerprint density at radius 1 is 1.03 bits per heavy atom. The van der Waals surface area contributed by atoms with Crippen molar-refractivity contribution in [3.63, 3.8) is 0 Å². The van der Waals surface area contributed by atoms with Gasteiger partial charge in [0.1, 0.15) is 24.6 Å². The molecule has 1 N–H and O–H groups in total. The van der Waals surface area contributed by atoms with Gasteiger partial charge in [0.2, 0.25) is 0 Å². The van der Waals surface area contributed by atoms with Crippen molar-refractivity contribution in [1.82, 2.24) is 4.98 Å². The van der Waals surface area contributed by atoms with E-state index in [-0.39, 0.29) is 18.9 Å². The summed E-state index contributed by atoms with van der Waals surface area (Å²) in [4.78, 5) is 27.9. The molecule has 0 saturated heterocycles. The second kappa shape index (κ2) is 10.8. The highest BCUT2D eigenvalue weighted by molar-refractivity contribution is 9.08. The number of anilines is 1. The van der Waals surface area contributed by atoms with Crippen LogP contribution >= 0.6 is 15.9 Å². The van der Waals surface area contributed by atoms with E-state index < -0.39 is 17.7 Å². The number of hydrogen-bond acceptors (Lipinski definition) is 7. The summed E-state index contributed by atoms with van der Waals surface area (Å²) in [6.07, 6.45) is -0.523. The molecule has 0 unspecified atom stereocenters. The Bertz CT molecular complexity index is 865. The molecule has 0 atom stereocenters. The van der Waals surface area contributed by atoms with Gasteiger partial charge in [0.05, 0.1) is 12.8 Å². The number of alkyl halides is 1. The lowest BCUT2D eigenvalue weighted by atomic mass is 10.2. The first-order valence-corrected chi connectivity index (χ1v) is 10.3. The van der Waals surface area contributed by atoms with Gasteiger partial charge in [-0.15, -0.1) is 0 Å². The SMILES string of the molecule is COC(=O)c1nc(CBr)ccc1OCCOc1ccc(NC(=O)OC(C)(C)C)cc1. The molecule has 0 spiro atoms. The summed E-state index contributed by atoms with van der Waals surface area (Å²) in [5.74, 6) is 0.364. The first-order valence-electron chi connectivity index (χ1n) is 9.21. The lowest BCUT2D eigenvalue weighted by Crippen LogP contribution is -2.27. The molecule has 1 aromatic heterocycles. The second-order valence-electron chi connectivity index (χ2n) is 7.12. The van der Waals surface area contributed by atoms with Crippen molar-refractivity contribution in [2.45, 2.75) is 31.7 Å². The highest BCUT2D eigenvalue weighted by Crippen LogP contribution is 2.20. The second-order valence-corrected chi connectivity index (χ2v) is 7.68. The van der Waals surface area contributed by atoms with Gasteiger partial charge in [-0.2, -0.15) is 0 Å². The van der Waals surface area contributed by atoms with Crippen molar-refractivity contribution in [2.75, 3.05) is 25.6 Å². The van der Waals surface area contributed by atoms with Gasteiger partial charge >= 0.3 is 12.1 Å². The van der Waals surface area contributed by atoms with Crippen molar-refractivity contribution in [3.05, 3.63) is 47.8 Å². The first kappa shape index (κ1) is 23.5. The Kier molecular flexibility index (Phi) is 8.46. The number of ether oxygens (including phenoxy) is 4. The molecule has 2 aromatic rings. The van der Waals surface area contributed by atoms with E-state index in [1.807, 2.05) is 0 Å². The molecule has 1 heterocycles. The van der Waals surface area contributed by atoms with E-state index in [1.165, 1.54) is 7.11 Å². The Labute approximate surface area is 184 Å². The van der Waals surface area contributed by atoms with Gasteiger partial charge in [0, 0.05) is 11.0 Å². The molecule has 0 aliphatic heterocycles. The molecule has 1 aromatic carbocycles. The van der Waals surface area contributed by atoms with Gasteiger partial charge < -0.3 is 18.9 Å². The number of aromatic nitrogens is 1. The molecule has 30 heavy (non-hydrogen) atoms. The number of methoxy groups -OCH3 is 1. The Morgan fingerprint density at radius 3 is 2.30 bits per heavy atom. The standard InChI is InChI=1S/C21H25BrN2O6/c1-21(2,3)30-20(26)24-14-5-8-16(9-6-14)28-11-12-29-17-10-7-15(13-22)23-18(17)19(25)27-4/h5-10H,11-13H2,1-4H3,(H,24,26). The topological polar surface area (TPSA) is 96.0 Å². The zero-order valence-corrected chi connectivity index (χ0v) is 18.9. The van der Waals surface area contributed by atoms with Crippen molar-refractivity contribution in [2.24, 2.45) is 0 Å². The maximum atomic E-state index is 11.9. The average molecular weight is 481 g/mol. The van der Waals surface area contributed by atoms with E-state index in [1.54, 1.807) is 57.2 Å². The van der Waals surface area contributed by atoms with E-state index in [0.717, 1.165) is 0 Å². The molecule has 0 saturated carbocycles. The largest absolute Gasteiger partial charge is 0.490 e. The third kappa shape index (κ3) is 7.55. The van der Waals surface area contributed by atoms with Crippen molar-refractivity contribution >= 4 is 33.7 Å². The predicted molar refractivity (Wildman–Crippen MR) is 115 cm³/mol. The Balaban J connectivity index is 1.85. The number of hydrogen-bond donors (Lipinski definition) is 1. The molecule has 0 aliphatic rings. The van der Waals surface area contributed by atoms with E-state index in [2.05, 4.69) is 26.2 Å². The monoisotopic (exact) mass is 480 g/mol. The summed E-state index contributed by atoms with van der Waals surface area (Å²) >= 11 is 3.30. The minimum absolute atomic E-state index is 0.118. The summed E-state index contributed by atoms with van der Waals surface area (Å²) in [7, 11) is 1.29. The van der Waals surface area contributed by atoms with Crippen LogP contribution in [0, 0.1) is 0 Å². The van der Waals surface area contributed by atoms with Crippen LogP contribution in [0.15, 0.2) is 36.4 Å². The number of rotatable bonds is 8. The maximum absolute atomic E-state index is 11.9. The zero-order valence-electron chi connectivity index (χ0n) is 17.4. The van der Waals surface area contributed by atoms with Gasteiger partial charge in [-0.3, -0.25) is 5.32 Å². The summed E-state index contributed by atoms with van der Waals surface area (Å²) in [5.41, 5.74) is 0.838. The van der Waals surface area contributed by atoms with Crippen LogP contribution in [-0.2, 0) is 14.8 Å². The highest BCUT2D eigenvalue weighted by atomic mass is 79.9. The Hall–Kier alpha value is -2.81. The fourth-order valence-corrected chi connectivity index (χ4v) is 2.60. The smallest absolute Gasteiger partial charge is 0.412 e. The number of esters is 1. The number of amides is 1. The number of carbonyl (C=O) groups excluding carboxylic acids is 2. The zero-order chi connectivity index (χ0) is 22.1. The third-order valence-corrected chi connectivity index (χ3v) is 4.12. The van der Waals surface area contributed by atoms with Crippen LogP contribution in [0.5, 0.6) is 11.5 Å². The molecule has 1 amide bonds. The number of benzene rings is 1. The van der Waals surface area contributed by atoms with Crippen molar-refractivity contribution in [1.29, 1.82) is 0 Å². The first-order chi connectivity index (χ1) is 14.2. The third-order valence-electron chi connectivity index (χ3n) is 3.54. The van der Waals surface area contributed by atoms with Gasteiger partial charge in [0.25, 0.3) is 0 Å².